The van der Waals surface area contributed by atoms with Crippen LogP contribution < -0.4 is 0 Å². The van der Waals surface area contributed by atoms with Crippen molar-refractivity contribution < 1.29 is 4.39 Å². The van der Waals surface area contributed by atoms with E-state index < -0.39 is 0 Å². The molecule has 3 aromatic rings. The molecule has 4 rings (SSSR count). The highest BCUT2D eigenvalue weighted by atomic mass is 19.1. The maximum Gasteiger partial charge on any atom is 0.123 e. The molecule has 1 saturated heterocycles. The van der Waals surface area contributed by atoms with Gasteiger partial charge in [0.25, 0.3) is 0 Å². The molecule has 152 valence electrons. The van der Waals surface area contributed by atoms with Gasteiger partial charge in [0.1, 0.15) is 5.82 Å². The van der Waals surface area contributed by atoms with Gasteiger partial charge in [-0.2, -0.15) is 5.10 Å². The minimum Gasteiger partial charge on any atom is -0.306 e. The summed E-state index contributed by atoms with van der Waals surface area (Å²) in [4.78, 5) is 4.83. The van der Waals surface area contributed by atoms with Crippen LogP contribution in [-0.4, -0.2) is 52.8 Å². The van der Waals surface area contributed by atoms with Crippen molar-refractivity contribution in [2.24, 2.45) is 0 Å². The van der Waals surface area contributed by atoms with Crippen LogP contribution in [0.1, 0.15) is 24.0 Å². The van der Waals surface area contributed by atoms with E-state index in [1.807, 2.05) is 16.8 Å². The first kappa shape index (κ1) is 19.8. The van der Waals surface area contributed by atoms with Crippen LogP contribution in [0.15, 0.2) is 54.7 Å². The third-order valence-corrected chi connectivity index (χ3v) is 5.94. The van der Waals surface area contributed by atoms with E-state index in [0.29, 0.717) is 6.04 Å². The summed E-state index contributed by atoms with van der Waals surface area (Å²) in [6, 6.07) is 15.6. The molecule has 1 aromatic heterocycles. The first-order chi connectivity index (χ1) is 14.0. The molecule has 0 amide bonds. The van der Waals surface area contributed by atoms with Crippen LogP contribution >= 0.6 is 0 Å². The van der Waals surface area contributed by atoms with Crippen LogP contribution in [0.2, 0.25) is 0 Å². The summed E-state index contributed by atoms with van der Waals surface area (Å²) in [7, 11) is 4.39. The smallest absolute Gasteiger partial charge is 0.123 e. The molecule has 5 heteroatoms. The highest BCUT2D eigenvalue weighted by molar-refractivity contribution is 5.63. The molecular weight excluding hydrogens is 363 g/mol. The van der Waals surface area contributed by atoms with Crippen molar-refractivity contribution in [2.75, 3.05) is 27.2 Å². The molecule has 1 aliphatic rings. The summed E-state index contributed by atoms with van der Waals surface area (Å²) in [5.74, 6) is -0.225. The Morgan fingerprint density at radius 2 is 1.69 bits per heavy atom. The summed E-state index contributed by atoms with van der Waals surface area (Å²) in [6.07, 6.45) is 4.49. The molecule has 0 aliphatic carbocycles. The third kappa shape index (κ3) is 4.57. The van der Waals surface area contributed by atoms with Crippen molar-refractivity contribution in [3.05, 3.63) is 71.7 Å². The maximum absolute atomic E-state index is 13.5. The Kier molecular flexibility index (Phi) is 5.79. The summed E-state index contributed by atoms with van der Waals surface area (Å²) in [5.41, 5.74) is 5.29. The number of piperidine rings is 1. The van der Waals surface area contributed by atoms with E-state index >= 15 is 0 Å². The van der Waals surface area contributed by atoms with Crippen molar-refractivity contribution in [1.82, 2.24) is 19.6 Å². The van der Waals surface area contributed by atoms with Gasteiger partial charge in [-0.25, -0.2) is 9.07 Å². The number of likely N-dealkylation sites (tertiary alicyclic amines) is 1. The quantitative estimate of drug-likeness (QED) is 0.638. The fraction of sp³-hybridized carbons (Fsp3) is 0.375. The Morgan fingerprint density at radius 1 is 1.03 bits per heavy atom. The van der Waals surface area contributed by atoms with E-state index in [-0.39, 0.29) is 5.82 Å². The van der Waals surface area contributed by atoms with Gasteiger partial charge < -0.3 is 4.90 Å². The Balaban J connectivity index is 1.65. The molecule has 4 nitrogen and oxygen atoms in total. The highest BCUT2D eigenvalue weighted by Crippen LogP contribution is 2.27. The Bertz CT molecular complexity index is 938. The second-order valence-corrected chi connectivity index (χ2v) is 8.24. The third-order valence-electron chi connectivity index (χ3n) is 5.94. The largest absolute Gasteiger partial charge is 0.306 e. The predicted molar refractivity (Wildman–Crippen MR) is 116 cm³/mol. The molecule has 2 aromatic carbocycles. The maximum atomic E-state index is 13.5. The van der Waals surface area contributed by atoms with E-state index in [1.54, 1.807) is 0 Å². The zero-order valence-electron chi connectivity index (χ0n) is 17.5. The fourth-order valence-corrected chi connectivity index (χ4v) is 4.04. The molecular formula is C24H29FN4. The molecule has 0 saturated carbocycles. The molecule has 29 heavy (non-hydrogen) atoms. The van der Waals surface area contributed by atoms with Crippen LogP contribution in [0.5, 0.6) is 0 Å². The van der Waals surface area contributed by atoms with E-state index in [0.717, 1.165) is 36.6 Å². The van der Waals surface area contributed by atoms with Crippen molar-refractivity contribution >= 4 is 0 Å². The zero-order valence-corrected chi connectivity index (χ0v) is 17.5. The molecule has 2 heterocycles. The standard InChI is InChI=1S/C24H29FN4/c1-18-4-10-23(11-5-18)29-17-20(16-28(3)22-12-14-27(2)15-13-22)24(26-29)19-6-8-21(25)9-7-19/h4-11,17,22H,12-16H2,1-3H3. The number of nitrogens with zero attached hydrogens (tertiary/aromatic N) is 4. The van der Waals surface area contributed by atoms with Crippen LogP contribution in [-0.2, 0) is 6.54 Å². The minimum absolute atomic E-state index is 0.225. The topological polar surface area (TPSA) is 24.3 Å². The van der Waals surface area contributed by atoms with Crippen LogP contribution in [0.3, 0.4) is 0 Å². The zero-order chi connectivity index (χ0) is 20.4. The summed E-state index contributed by atoms with van der Waals surface area (Å²) >= 11 is 0. The van der Waals surface area contributed by atoms with Crippen molar-refractivity contribution in [2.45, 2.75) is 32.4 Å². The van der Waals surface area contributed by atoms with E-state index in [9.17, 15) is 4.39 Å². The molecule has 0 N–H and O–H groups in total. The second kappa shape index (κ2) is 8.47. The number of aryl methyl sites for hydroxylation is 1. The van der Waals surface area contributed by atoms with E-state index in [1.165, 1.54) is 36.1 Å². The monoisotopic (exact) mass is 392 g/mol. The molecule has 1 aliphatic heterocycles. The lowest BCUT2D eigenvalue weighted by Crippen LogP contribution is -2.41. The second-order valence-electron chi connectivity index (χ2n) is 8.24. The van der Waals surface area contributed by atoms with Gasteiger partial charge in [-0.1, -0.05) is 17.7 Å². The number of benzene rings is 2. The molecule has 0 spiro atoms. The van der Waals surface area contributed by atoms with Gasteiger partial charge in [0, 0.05) is 29.9 Å². The Morgan fingerprint density at radius 3 is 2.34 bits per heavy atom. The normalized spacial score (nSPS) is 15.9. The van der Waals surface area contributed by atoms with Gasteiger partial charge in [-0.3, -0.25) is 4.90 Å². The van der Waals surface area contributed by atoms with Crippen molar-refractivity contribution in [3.63, 3.8) is 0 Å². The molecule has 0 unspecified atom stereocenters. The lowest BCUT2D eigenvalue weighted by Gasteiger charge is -2.35. The van der Waals surface area contributed by atoms with Crippen molar-refractivity contribution in [1.29, 1.82) is 0 Å². The van der Waals surface area contributed by atoms with Gasteiger partial charge in [-0.15, -0.1) is 0 Å². The number of rotatable bonds is 5. The van der Waals surface area contributed by atoms with Gasteiger partial charge in [-0.05, 0) is 83.3 Å². The van der Waals surface area contributed by atoms with Gasteiger partial charge in [0.2, 0.25) is 0 Å². The van der Waals surface area contributed by atoms with Crippen LogP contribution in [0.25, 0.3) is 16.9 Å². The summed E-state index contributed by atoms with van der Waals surface area (Å²) < 4.78 is 15.4. The highest BCUT2D eigenvalue weighted by Gasteiger charge is 2.22. The Hall–Kier alpha value is -2.50. The van der Waals surface area contributed by atoms with Gasteiger partial charge in [0.15, 0.2) is 0 Å². The SMILES string of the molecule is Cc1ccc(-n2cc(CN(C)C3CCN(C)CC3)c(-c3ccc(F)cc3)n2)cc1. The molecule has 0 atom stereocenters. The lowest BCUT2D eigenvalue weighted by atomic mass is 10.0. The first-order valence-electron chi connectivity index (χ1n) is 10.3. The summed E-state index contributed by atoms with van der Waals surface area (Å²) in [6.45, 7) is 5.19. The molecule has 0 radical (unpaired) electrons. The number of hydrogen-bond acceptors (Lipinski definition) is 3. The fourth-order valence-electron chi connectivity index (χ4n) is 4.04. The average molecular weight is 393 g/mol. The number of halogens is 1. The summed E-state index contributed by atoms with van der Waals surface area (Å²) in [5, 5.41) is 4.88. The average Bonchev–Trinajstić information content (AvgIpc) is 3.13. The van der Waals surface area contributed by atoms with E-state index in [2.05, 4.69) is 61.3 Å². The van der Waals surface area contributed by atoms with Crippen LogP contribution in [0.4, 0.5) is 4.39 Å². The van der Waals surface area contributed by atoms with Crippen molar-refractivity contribution in [3.8, 4) is 16.9 Å². The first-order valence-corrected chi connectivity index (χ1v) is 10.3. The lowest BCUT2D eigenvalue weighted by molar-refractivity contribution is 0.139. The number of hydrogen-bond donors (Lipinski definition) is 0. The minimum atomic E-state index is -0.225. The van der Waals surface area contributed by atoms with E-state index in [4.69, 9.17) is 5.10 Å². The van der Waals surface area contributed by atoms with Gasteiger partial charge >= 0.3 is 0 Å². The Labute approximate surface area is 172 Å². The predicted octanol–water partition coefficient (Wildman–Crippen LogP) is 4.51. The van der Waals surface area contributed by atoms with Crippen LogP contribution in [0, 0.1) is 12.7 Å². The van der Waals surface area contributed by atoms with Gasteiger partial charge in [0.05, 0.1) is 11.4 Å². The molecule has 0 bridgehead atoms. The number of aromatic nitrogens is 2. The molecule has 1 fully saturated rings.